The van der Waals surface area contributed by atoms with Gasteiger partial charge in [-0.3, -0.25) is 14.4 Å². The van der Waals surface area contributed by atoms with E-state index in [2.05, 4.69) is 0 Å². The summed E-state index contributed by atoms with van der Waals surface area (Å²) in [7, 11) is 0. The molecule has 0 amide bonds. The molecule has 6 N–H and O–H groups in total. The van der Waals surface area contributed by atoms with E-state index in [0.717, 1.165) is 0 Å². The Kier molecular flexibility index (Phi) is 6.28. The molecule has 0 spiro atoms. The van der Waals surface area contributed by atoms with E-state index in [-0.39, 0.29) is 25.7 Å². The second kappa shape index (κ2) is 6.91. The lowest BCUT2D eigenvalue weighted by Crippen LogP contribution is -2.43. The first-order chi connectivity index (χ1) is 7.34. The van der Waals surface area contributed by atoms with E-state index in [4.69, 9.17) is 21.7 Å². The number of carbonyl (C=O) groups is 3. The highest BCUT2D eigenvalue weighted by Crippen LogP contribution is 2.03. The van der Waals surface area contributed by atoms with Crippen LogP contribution in [-0.2, 0) is 14.4 Å². The van der Waals surface area contributed by atoms with Gasteiger partial charge < -0.3 is 21.7 Å². The van der Waals surface area contributed by atoms with Gasteiger partial charge in [-0.25, -0.2) is 0 Å². The third-order valence-corrected chi connectivity index (χ3v) is 2.07. The van der Waals surface area contributed by atoms with Gasteiger partial charge in [-0.15, -0.1) is 0 Å². The molecule has 7 nitrogen and oxygen atoms in total. The van der Waals surface area contributed by atoms with Crippen molar-refractivity contribution < 1.29 is 24.6 Å². The van der Waals surface area contributed by atoms with Crippen molar-refractivity contribution in [2.45, 2.75) is 37.8 Å². The van der Waals surface area contributed by atoms with E-state index in [0.29, 0.717) is 0 Å². The van der Waals surface area contributed by atoms with Crippen LogP contribution in [0, 0.1) is 0 Å². The number of hydrogen-bond donors (Lipinski definition) is 4. The zero-order valence-corrected chi connectivity index (χ0v) is 8.76. The molecule has 0 radical (unpaired) electrons. The van der Waals surface area contributed by atoms with E-state index < -0.39 is 29.8 Å². The number of carboxylic acid groups (broad SMARTS) is 2. The first-order valence-electron chi connectivity index (χ1n) is 4.83. The van der Waals surface area contributed by atoms with E-state index >= 15 is 0 Å². The number of rotatable bonds is 8. The molecule has 0 heterocycles. The Balaban J connectivity index is 4.00. The zero-order chi connectivity index (χ0) is 12.7. The number of hydrogen-bond acceptors (Lipinski definition) is 5. The summed E-state index contributed by atoms with van der Waals surface area (Å²) in [6, 6.07) is -1.89. The third-order valence-electron chi connectivity index (χ3n) is 2.07. The number of ketones is 1. The van der Waals surface area contributed by atoms with Crippen molar-refractivity contribution in [3.63, 3.8) is 0 Å². The standard InChI is InChI=1S/C9H16N2O5/c10-5(1-3-7(12)13)9(16)6(11)2-4-8(14)15/h5-6H,1-4,10-11H2,(H,12,13)(H,14,15)/t5-,6?/m0/s1. The highest BCUT2D eigenvalue weighted by atomic mass is 16.4. The Morgan fingerprint density at radius 3 is 1.44 bits per heavy atom. The molecule has 2 atom stereocenters. The van der Waals surface area contributed by atoms with Crippen LogP contribution in [-0.4, -0.2) is 40.0 Å². The minimum atomic E-state index is -1.04. The van der Waals surface area contributed by atoms with Crippen LogP contribution in [0.15, 0.2) is 0 Å². The summed E-state index contributed by atoms with van der Waals surface area (Å²) < 4.78 is 0. The van der Waals surface area contributed by atoms with E-state index in [1.54, 1.807) is 0 Å². The van der Waals surface area contributed by atoms with Crippen molar-refractivity contribution in [1.29, 1.82) is 0 Å². The van der Waals surface area contributed by atoms with Crippen LogP contribution in [0.1, 0.15) is 25.7 Å². The smallest absolute Gasteiger partial charge is 0.303 e. The topological polar surface area (TPSA) is 144 Å². The third kappa shape index (κ3) is 6.10. The summed E-state index contributed by atoms with van der Waals surface area (Å²) in [4.78, 5) is 31.9. The van der Waals surface area contributed by atoms with Crippen molar-refractivity contribution in [1.82, 2.24) is 0 Å². The fraction of sp³-hybridized carbons (Fsp3) is 0.667. The molecular weight excluding hydrogens is 216 g/mol. The molecule has 16 heavy (non-hydrogen) atoms. The number of carbonyl (C=O) groups excluding carboxylic acids is 1. The lowest BCUT2D eigenvalue weighted by atomic mass is 9.99. The monoisotopic (exact) mass is 232 g/mol. The fourth-order valence-electron chi connectivity index (χ4n) is 1.12. The van der Waals surface area contributed by atoms with Crippen molar-refractivity contribution in [3.8, 4) is 0 Å². The molecule has 0 saturated carbocycles. The van der Waals surface area contributed by atoms with Crippen molar-refractivity contribution >= 4 is 17.7 Å². The predicted octanol–water partition coefficient (Wildman–Crippen LogP) is -1.06. The summed E-state index contributed by atoms with van der Waals surface area (Å²) in [5.74, 6) is -2.58. The maximum atomic E-state index is 11.4. The summed E-state index contributed by atoms with van der Waals surface area (Å²) in [6.07, 6.45) is -0.402. The Bertz CT molecular complexity index is 253. The van der Waals surface area contributed by atoms with Crippen LogP contribution < -0.4 is 11.5 Å². The molecule has 0 aliphatic carbocycles. The van der Waals surface area contributed by atoms with Crippen LogP contribution in [0.4, 0.5) is 0 Å². The molecule has 0 aromatic heterocycles. The lowest BCUT2D eigenvalue weighted by Gasteiger charge is -2.14. The minimum absolute atomic E-state index is 0.00887. The number of aliphatic carboxylic acids is 2. The molecule has 0 rings (SSSR count). The van der Waals surface area contributed by atoms with Gasteiger partial charge in [-0.2, -0.15) is 0 Å². The maximum Gasteiger partial charge on any atom is 0.303 e. The average Bonchev–Trinajstić information content (AvgIpc) is 2.21. The largest absolute Gasteiger partial charge is 0.481 e. The molecule has 0 saturated heterocycles. The predicted molar refractivity (Wildman–Crippen MR) is 54.7 cm³/mol. The fourth-order valence-corrected chi connectivity index (χ4v) is 1.12. The van der Waals surface area contributed by atoms with Crippen LogP contribution in [0.5, 0.6) is 0 Å². The molecule has 0 aliphatic heterocycles. The summed E-state index contributed by atoms with van der Waals surface area (Å²) in [5.41, 5.74) is 10.9. The Labute approximate surface area is 92.4 Å². The normalized spacial score (nSPS) is 14.1. The van der Waals surface area contributed by atoms with Crippen LogP contribution in [0.2, 0.25) is 0 Å². The van der Waals surface area contributed by atoms with E-state index in [1.807, 2.05) is 0 Å². The van der Waals surface area contributed by atoms with Gasteiger partial charge in [0.05, 0.1) is 12.1 Å². The minimum Gasteiger partial charge on any atom is -0.481 e. The number of nitrogens with two attached hydrogens (primary N) is 2. The molecule has 0 aliphatic rings. The quantitative estimate of drug-likeness (QED) is 0.417. The summed E-state index contributed by atoms with van der Waals surface area (Å²) >= 11 is 0. The average molecular weight is 232 g/mol. The summed E-state index contributed by atoms with van der Waals surface area (Å²) in [6.45, 7) is 0. The zero-order valence-electron chi connectivity index (χ0n) is 8.76. The van der Waals surface area contributed by atoms with E-state index in [9.17, 15) is 14.4 Å². The highest BCUT2D eigenvalue weighted by Gasteiger charge is 2.21. The first-order valence-corrected chi connectivity index (χ1v) is 4.83. The number of Topliss-reactive ketones (excluding diaryl/α,β-unsaturated/α-hetero) is 1. The van der Waals surface area contributed by atoms with Crippen LogP contribution in [0.3, 0.4) is 0 Å². The van der Waals surface area contributed by atoms with Crippen molar-refractivity contribution in [3.05, 3.63) is 0 Å². The molecule has 0 aromatic carbocycles. The lowest BCUT2D eigenvalue weighted by molar-refractivity contribution is -0.138. The molecule has 92 valence electrons. The molecule has 0 bridgehead atoms. The Hall–Kier alpha value is -1.47. The first kappa shape index (κ1) is 14.5. The van der Waals surface area contributed by atoms with Gasteiger partial charge in [-0.1, -0.05) is 0 Å². The van der Waals surface area contributed by atoms with Gasteiger partial charge in [0.15, 0.2) is 5.78 Å². The van der Waals surface area contributed by atoms with Gasteiger partial charge in [-0.05, 0) is 12.8 Å². The highest BCUT2D eigenvalue weighted by molar-refractivity contribution is 5.89. The molecule has 7 heteroatoms. The van der Waals surface area contributed by atoms with Crippen molar-refractivity contribution in [2.75, 3.05) is 0 Å². The maximum absolute atomic E-state index is 11.4. The summed E-state index contributed by atoms with van der Waals surface area (Å²) in [5, 5.41) is 16.8. The molecule has 0 fully saturated rings. The van der Waals surface area contributed by atoms with Gasteiger partial charge in [0.2, 0.25) is 0 Å². The second-order valence-corrected chi connectivity index (χ2v) is 3.48. The number of carboxylic acids is 2. The molecular formula is C9H16N2O5. The van der Waals surface area contributed by atoms with Crippen LogP contribution >= 0.6 is 0 Å². The Morgan fingerprint density at radius 1 is 0.875 bits per heavy atom. The SMILES string of the molecule is NC(CCC(=O)O)C(=O)[C@@H](N)CCC(=O)O. The van der Waals surface area contributed by atoms with Gasteiger partial charge >= 0.3 is 11.9 Å². The van der Waals surface area contributed by atoms with Gasteiger partial charge in [0, 0.05) is 12.8 Å². The van der Waals surface area contributed by atoms with Crippen molar-refractivity contribution in [2.24, 2.45) is 11.5 Å². The van der Waals surface area contributed by atoms with Gasteiger partial charge in [0.25, 0.3) is 0 Å². The Morgan fingerprint density at radius 2 is 1.19 bits per heavy atom. The molecule has 0 aromatic rings. The van der Waals surface area contributed by atoms with Crippen LogP contribution in [0.25, 0.3) is 0 Å². The van der Waals surface area contributed by atoms with E-state index in [1.165, 1.54) is 0 Å². The molecule has 1 unspecified atom stereocenters. The second-order valence-electron chi connectivity index (χ2n) is 3.48. The van der Waals surface area contributed by atoms with Gasteiger partial charge in [0.1, 0.15) is 0 Å².